The van der Waals surface area contributed by atoms with Crippen LogP contribution in [0.3, 0.4) is 0 Å². The number of nitrogens with zero attached hydrogens (tertiary/aromatic N) is 1. The van der Waals surface area contributed by atoms with Crippen LogP contribution < -0.4 is 20.5 Å². The van der Waals surface area contributed by atoms with E-state index in [0.717, 1.165) is 18.4 Å². The quantitative estimate of drug-likeness (QED) is 0.696. The highest BCUT2D eigenvalue weighted by molar-refractivity contribution is 6.31. The van der Waals surface area contributed by atoms with Gasteiger partial charge in [0.05, 0.1) is 32.7 Å². The van der Waals surface area contributed by atoms with Crippen molar-refractivity contribution < 1.29 is 19.1 Å². The van der Waals surface area contributed by atoms with Gasteiger partial charge in [0, 0.05) is 11.6 Å². The second-order valence-corrected chi connectivity index (χ2v) is 7.55. The zero-order valence-electron chi connectivity index (χ0n) is 17.1. The number of urea groups is 1. The number of hydrogen-bond acceptors (Lipinski definition) is 4. The Balaban J connectivity index is 1.82. The molecule has 7 nitrogen and oxygen atoms in total. The zero-order chi connectivity index (χ0) is 21.7. The van der Waals surface area contributed by atoms with Crippen molar-refractivity contribution in [1.29, 1.82) is 0 Å². The average molecular weight is 432 g/mol. The van der Waals surface area contributed by atoms with Gasteiger partial charge in [-0.2, -0.15) is 0 Å². The van der Waals surface area contributed by atoms with E-state index >= 15 is 0 Å². The standard InChI is InChI=1S/C22H26ClN3O4/c1-29-19-10-9-14(12-20(19)30-2)18-8-5-11-26(18)21(27)13-17(25-22(24)28)15-6-3-4-7-16(15)23/h3-4,6-7,9-10,12,17-18H,5,8,11,13H2,1-2H3,(H3,24,25,28)/t17-,18-/m0/s1. The van der Waals surface area contributed by atoms with Crippen molar-refractivity contribution in [3.05, 3.63) is 58.6 Å². The van der Waals surface area contributed by atoms with E-state index in [4.69, 9.17) is 26.8 Å². The van der Waals surface area contributed by atoms with Crippen LogP contribution in [0.1, 0.15) is 42.5 Å². The summed E-state index contributed by atoms with van der Waals surface area (Å²) in [4.78, 5) is 26.6. The van der Waals surface area contributed by atoms with Crippen molar-refractivity contribution in [2.24, 2.45) is 5.73 Å². The van der Waals surface area contributed by atoms with Gasteiger partial charge >= 0.3 is 6.03 Å². The van der Waals surface area contributed by atoms with Gasteiger partial charge in [0.15, 0.2) is 11.5 Å². The van der Waals surface area contributed by atoms with Crippen LogP contribution in [-0.2, 0) is 4.79 Å². The van der Waals surface area contributed by atoms with E-state index in [1.54, 1.807) is 32.4 Å². The summed E-state index contributed by atoms with van der Waals surface area (Å²) in [6.45, 7) is 0.643. The molecule has 1 saturated heterocycles. The normalized spacial score (nSPS) is 16.8. The Bertz CT molecular complexity index is 921. The number of hydrogen-bond donors (Lipinski definition) is 2. The number of primary amides is 1. The van der Waals surface area contributed by atoms with Gasteiger partial charge in [-0.1, -0.05) is 35.9 Å². The third kappa shape index (κ3) is 4.79. The summed E-state index contributed by atoms with van der Waals surface area (Å²) in [5.74, 6) is 1.19. The van der Waals surface area contributed by atoms with Gasteiger partial charge in [-0.05, 0) is 42.2 Å². The molecule has 3 rings (SSSR count). The lowest BCUT2D eigenvalue weighted by Gasteiger charge is -2.28. The molecular weight excluding hydrogens is 406 g/mol. The maximum atomic E-state index is 13.2. The highest BCUT2D eigenvalue weighted by Gasteiger charge is 2.32. The molecule has 2 atom stereocenters. The molecule has 0 unspecified atom stereocenters. The molecule has 1 aliphatic heterocycles. The third-order valence-corrected chi connectivity index (χ3v) is 5.69. The van der Waals surface area contributed by atoms with Crippen LogP contribution in [0.15, 0.2) is 42.5 Å². The smallest absolute Gasteiger partial charge is 0.312 e. The Kier molecular flexibility index (Phi) is 7.05. The Hall–Kier alpha value is -2.93. The first-order chi connectivity index (χ1) is 14.4. The van der Waals surface area contributed by atoms with E-state index < -0.39 is 12.1 Å². The van der Waals surface area contributed by atoms with Crippen LogP contribution in [0.25, 0.3) is 0 Å². The van der Waals surface area contributed by atoms with Crippen LogP contribution in [0, 0.1) is 0 Å². The number of likely N-dealkylation sites (tertiary alicyclic amines) is 1. The minimum absolute atomic E-state index is 0.0659. The van der Waals surface area contributed by atoms with Crippen molar-refractivity contribution in [3.63, 3.8) is 0 Å². The maximum Gasteiger partial charge on any atom is 0.312 e. The molecule has 0 bridgehead atoms. The lowest BCUT2D eigenvalue weighted by molar-refractivity contribution is -0.132. The fourth-order valence-electron chi connectivity index (χ4n) is 3.93. The zero-order valence-corrected chi connectivity index (χ0v) is 17.8. The van der Waals surface area contributed by atoms with Crippen molar-refractivity contribution in [2.45, 2.75) is 31.3 Å². The third-order valence-electron chi connectivity index (χ3n) is 5.34. The number of nitrogens with one attached hydrogen (secondary N) is 1. The second kappa shape index (κ2) is 9.71. The molecule has 3 N–H and O–H groups in total. The first kappa shape index (κ1) is 21.8. The molecule has 3 amide bonds. The van der Waals surface area contributed by atoms with E-state index in [1.807, 2.05) is 29.2 Å². The number of rotatable bonds is 7. The monoisotopic (exact) mass is 431 g/mol. The SMILES string of the molecule is COc1ccc([C@@H]2CCCN2C(=O)C[C@H](NC(N)=O)c2ccccc2Cl)cc1OC. The highest BCUT2D eigenvalue weighted by Crippen LogP contribution is 2.38. The lowest BCUT2D eigenvalue weighted by atomic mass is 10.0. The minimum atomic E-state index is -0.703. The molecule has 0 spiro atoms. The fraction of sp³-hybridized carbons (Fsp3) is 0.364. The van der Waals surface area contributed by atoms with Gasteiger partial charge in [0.25, 0.3) is 0 Å². The highest BCUT2D eigenvalue weighted by atomic mass is 35.5. The van der Waals surface area contributed by atoms with Crippen LogP contribution >= 0.6 is 11.6 Å². The van der Waals surface area contributed by atoms with E-state index in [9.17, 15) is 9.59 Å². The van der Waals surface area contributed by atoms with E-state index in [0.29, 0.717) is 28.6 Å². The predicted molar refractivity (Wildman–Crippen MR) is 115 cm³/mol. The number of benzene rings is 2. The molecular formula is C22H26ClN3O4. The van der Waals surface area contributed by atoms with Crippen LogP contribution in [-0.4, -0.2) is 37.6 Å². The molecule has 0 aliphatic carbocycles. The van der Waals surface area contributed by atoms with Crippen molar-refractivity contribution in [3.8, 4) is 11.5 Å². The molecule has 0 saturated carbocycles. The second-order valence-electron chi connectivity index (χ2n) is 7.15. The average Bonchev–Trinajstić information content (AvgIpc) is 3.23. The first-order valence-corrected chi connectivity index (χ1v) is 10.1. The Morgan fingerprint density at radius 2 is 1.93 bits per heavy atom. The summed E-state index contributed by atoms with van der Waals surface area (Å²) in [7, 11) is 3.17. The van der Waals surface area contributed by atoms with Gasteiger partial charge in [-0.3, -0.25) is 4.79 Å². The van der Waals surface area contributed by atoms with Crippen molar-refractivity contribution in [2.75, 3.05) is 20.8 Å². The van der Waals surface area contributed by atoms with E-state index in [2.05, 4.69) is 5.32 Å². The summed E-state index contributed by atoms with van der Waals surface area (Å²) in [5.41, 5.74) is 6.99. The van der Waals surface area contributed by atoms with Crippen molar-refractivity contribution in [1.82, 2.24) is 10.2 Å². The molecule has 0 radical (unpaired) electrons. The Morgan fingerprint density at radius 3 is 2.60 bits per heavy atom. The fourth-order valence-corrected chi connectivity index (χ4v) is 4.20. The topological polar surface area (TPSA) is 93.9 Å². The van der Waals surface area contributed by atoms with E-state index in [-0.39, 0.29) is 18.4 Å². The Morgan fingerprint density at radius 1 is 1.20 bits per heavy atom. The Labute approximate surface area is 181 Å². The number of methoxy groups -OCH3 is 2. The summed E-state index contributed by atoms with van der Waals surface area (Å²) in [6.07, 6.45) is 1.81. The first-order valence-electron chi connectivity index (χ1n) is 9.76. The molecule has 1 aliphatic rings. The summed E-state index contributed by atoms with van der Waals surface area (Å²) < 4.78 is 10.7. The molecule has 30 heavy (non-hydrogen) atoms. The molecule has 1 fully saturated rings. The van der Waals surface area contributed by atoms with Crippen LogP contribution in [0.4, 0.5) is 4.79 Å². The lowest BCUT2D eigenvalue weighted by Crippen LogP contribution is -2.38. The number of carbonyl (C=O) groups is 2. The van der Waals surface area contributed by atoms with Gasteiger partial charge in [0.1, 0.15) is 0 Å². The van der Waals surface area contributed by atoms with E-state index in [1.165, 1.54) is 0 Å². The number of amides is 3. The predicted octanol–water partition coefficient (Wildman–Crippen LogP) is 3.82. The number of nitrogens with two attached hydrogens (primary N) is 1. The van der Waals surface area contributed by atoms with Gasteiger partial charge in [-0.15, -0.1) is 0 Å². The molecule has 2 aromatic rings. The van der Waals surface area contributed by atoms with Gasteiger partial charge in [0.2, 0.25) is 5.91 Å². The summed E-state index contributed by atoms with van der Waals surface area (Å²) >= 11 is 6.29. The summed E-state index contributed by atoms with van der Waals surface area (Å²) in [5, 5.41) is 3.12. The van der Waals surface area contributed by atoms with Crippen LogP contribution in [0.2, 0.25) is 5.02 Å². The molecule has 160 valence electrons. The van der Waals surface area contributed by atoms with Crippen LogP contribution in [0.5, 0.6) is 11.5 Å². The van der Waals surface area contributed by atoms with Crippen molar-refractivity contribution >= 4 is 23.5 Å². The van der Waals surface area contributed by atoms with Gasteiger partial charge < -0.3 is 25.4 Å². The number of halogens is 1. The molecule has 0 aromatic heterocycles. The largest absolute Gasteiger partial charge is 0.493 e. The number of ether oxygens (including phenoxy) is 2. The molecule has 8 heteroatoms. The maximum absolute atomic E-state index is 13.2. The van der Waals surface area contributed by atoms with Gasteiger partial charge in [-0.25, -0.2) is 4.79 Å². The molecule has 2 aromatic carbocycles. The molecule has 1 heterocycles. The number of carbonyl (C=O) groups excluding carboxylic acids is 2. The summed E-state index contributed by atoms with van der Waals surface area (Å²) in [6, 6.07) is 11.4. The minimum Gasteiger partial charge on any atom is -0.493 e.